The molecule has 1 fully saturated rings. The molecule has 178 valence electrons. The number of fused-ring (bicyclic) bond motifs is 1. The first kappa shape index (κ1) is 21.7. The third-order valence-corrected chi connectivity index (χ3v) is 6.81. The largest absolute Gasteiger partial charge is 0.394 e. The van der Waals surface area contributed by atoms with E-state index in [-0.39, 0.29) is 18.2 Å². The highest BCUT2D eigenvalue weighted by Gasteiger charge is 2.27. The van der Waals surface area contributed by atoms with Crippen molar-refractivity contribution >= 4 is 11.7 Å². The van der Waals surface area contributed by atoms with Crippen LogP contribution >= 0.6 is 0 Å². The summed E-state index contributed by atoms with van der Waals surface area (Å²) in [6.07, 6.45) is 9.44. The number of carbonyl (C=O) groups is 1. The summed E-state index contributed by atoms with van der Waals surface area (Å²) < 4.78 is 18.7. The first-order chi connectivity index (χ1) is 17.0. The fourth-order valence-electron chi connectivity index (χ4n) is 4.78. The fraction of sp³-hybridized carbons (Fsp3) is 0.308. The summed E-state index contributed by atoms with van der Waals surface area (Å²) in [6.45, 7) is 1.84. The van der Waals surface area contributed by atoms with Crippen LogP contribution in [-0.4, -0.2) is 41.7 Å². The summed E-state index contributed by atoms with van der Waals surface area (Å²) in [6, 6.07) is 8.11. The molecule has 8 nitrogen and oxygen atoms in total. The minimum Gasteiger partial charge on any atom is -0.394 e. The second-order valence-electron chi connectivity index (χ2n) is 9.28. The maximum Gasteiger partial charge on any atom is 0.259 e. The van der Waals surface area contributed by atoms with Crippen LogP contribution < -0.4 is 5.32 Å². The van der Waals surface area contributed by atoms with Crippen molar-refractivity contribution in [3.63, 3.8) is 0 Å². The van der Waals surface area contributed by atoms with Crippen LogP contribution in [0.25, 0.3) is 17.2 Å². The van der Waals surface area contributed by atoms with Gasteiger partial charge in [0.15, 0.2) is 5.82 Å². The lowest BCUT2D eigenvalue weighted by Crippen LogP contribution is -2.16. The van der Waals surface area contributed by atoms with Crippen LogP contribution in [0.1, 0.15) is 58.5 Å². The molecular weight excluding hydrogens is 447 g/mol. The van der Waals surface area contributed by atoms with Gasteiger partial charge in [0, 0.05) is 24.0 Å². The number of aromatic nitrogens is 5. The average Bonchev–Trinajstić information content (AvgIpc) is 3.25. The number of halogens is 1. The molecule has 2 N–H and O–H groups in total. The Morgan fingerprint density at radius 2 is 2.09 bits per heavy atom. The van der Waals surface area contributed by atoms with E-state index in [1.807, 2.05) is 22.3 Å². The quantitative estimate of drug-likeness (QED) is 0.439. The molecule has 1 amide bonds. The molecule has 9 heteroatoms. The normalized spacial score (nSPS) is 16.9. The number of rotatable bonds is 6. The molecule has 4 aromatic rings. The maximum atomic E-state index is 14.8. The minimum atomic E-state index is -0.598. The molecular formula is C26H25FN6O2. The van der Waals surface area contributed by atoms with Crippen molar-refractivity contribution < 1.29 is 14.3 Å². The van der Waals surface area contributed by atoms with Gasteiger partial charge in [-0.25, -0.2) is 19.3 Å². The zero-order valence-electron chi connectivity index (χ0n) is 19.3. The second kappa shape index (κ2) is 8.42. The van der Waals surface area contributed by atoms with Crippen molar-refractivity contribution in [3.8, 4) is 17.2 Å². The van der Waals surface area contributed by atoms with Crippen molar-refractivity contribution in [3.05, 3.63) is 77.4 Å². The molecule has 0 bridgehead atoms. The Balaban J connectivity index is 1.28. The summed E-state index contributed by atoms with van der Waals surface area (Å²) in [7, 11) is 0. The third-order valence-electron chi connectivity index (χ3n) is 6.81. The van der Waals surface area contributed by atoms with Gasteiger partial charge < -0.3 is 19.6 Å². The van der Waals surface area contributed by atoms with E-state index < -0.39 is 11.7 Å². The molecule has 0 spiro atoms. The molecule has 1 aliphatic heterocycles. The number of nitrogens with zero attached hydrogens (tertiary/aromatic N) is 5. The average molecular weight is 473 g/mol. The molecule has 1 saturated carbocycles. The Labute approximate surface area is 201 Å². The number of hydrogen-bond donors (Lipinski definition) is 2. The van der Waals surface area contributed by atoms with E-state index in [4.69, 9.17) is 0 Å². The summed E-state index contributed by atoms with van der Waals surface area (Å²) >= 11 is 0. The second-order valence-corrected chi connectivity index (χ2v) is 9.28. The number of pyridine rings is 1. The highest BCUT2D eigenvalue weighted by Crippen LogP contribution is 2.39. The van der Waals surface area contributed by atoms with Crippen LogP contribution in [0.2, 0.25) is 0 Å². The van der Waals surface area contributed by atoms with Crippen LogP contribution in [0.4, 0.5) is 10.2 Å². The van der Waals surface area contributed by atoms with Crippen LogP contribution in [0, 0.1) is 12.7 Å². The number of aliphatic hydroxyl groups is 1. The number of aliphatic hydroxyl groups excluding tert-OH is 1. The lowest BCUT2D eigenvalue weighted by Gasteiger charge is -2.14. The standard InChI is InChI=1S/C26H25FN6O2/c1-15-9-20(27)19(10-23(15)32-12-22(29-14-32)16-5-6-16)26(35)31-24-4-2-3-21(30-24)25-28-11-17-7-8-18(13-34)33(17)25/h2-4,9-12,14,16,18,34H,5-8,13H2,1H3,(H,30,31,35)/t18-/m0/s1. The lowest BCUT2D eigenvalue weighted by atomic mass is 10.1. The number of imidazole rings is 2. The van der Waals surface area contributed by atoms with Gasteiger partial charge in [-0.3, -0.25) is 4.79 Å². The van der Waals surface area contributed by atoms with Crippen molar-refractivity contribution in [2.45, 2.75) is 44.6 Å². The predicted molar refractivity (Wildman–Crippen MR) is 128 cm³/mol. The molecule has 1 aromatic carbocycles. The number of anilines is 1. The molecule has 6 rings (SSSR count). The molecule has 35 heavy (non-hydrogen) atoms. The first-order valence-electron chi connectivity index (χ1n) is 11.8. The molecule has 0 radical (unpaired) electrons. The molecule has 2 aliphatic rings. The van der Waals surface area contributed by atoms with Crippen LogP contribution in [-0.2, 0) is 6.42 Å². The van der Waals surface area contributed by atoms with Gasteiger partial charge >= 0.3 is 0 Å². The summed E-state index contributed by atoms with van der Waals surface area (Å²) in [4.78, 5) is 26.6. The monoisotopic (exact) mass is 472 g/mol. The number of carbonyl (C=O) groups excluding carboxylic acids is 1. The lowest BCUT2D eigenvalue weighted by molar-refractivity contribution is 0.102. The van der Waals surface area contributed by atoms with E-state index in [0.29, 0.717) is 34.5 Å². The molecule has 1 aliphatic carbocycles. The number of amides is 1. The van der Waals surface area contributed by atoms with Gasteiger partial charge in [0.2, 0.25) is 0 Å². The van der Waals surface area contributed by atoms with Crippen LogP contribution in [0.5, 0.6) is 0 Å². The Kier molecular flexibility index (Phi) is 5.21. The van der Waals surface area contributed by atoms with E-state index in [1.165, 1.54) is 6.07 Å². The maximum absolute atomic E-state index is 14.8. The van der Waals surface area contributed by atoms with Gasteiger partial charge in [0.1, 0.15) is 17.3 Å². The fourth-order valence-corrected chi connectivity index (χ4v) is 4.78. The number of aryl methyl sites for hydroxylation is 2. The predicted octanol–water partition coefficient (Wildman–Crippen LogP) is 4.19. The first-order valence-corrected chi connectivity index (χ1v) is 11.8. The number of nitrogens with one attached hydrogen (secondary N) is 1. The topological polar surface area (TPSA) is 97.9 Å². The Bertz CT molecular complexity index is 1440. The smallest absolute Gasteiger partial charge is 0.259 e. The van der Waals surface area contributed by atoms with Gasteiger partial charge in [0.25, 0.3) is 5.91 Å². The molecule has 0 saturated heterocycles. The number of benzene rings is 1. The molecule has 3 aromatic heterocycles. The third kappa shape index (κ3) is 3.91. The highest BCUT2D eigenvalue weighted by atomic mass is 19.1. The van der Waals surface area contributed by atoms with E-state index in [1.54, 1.807) is 36.8 Å². The summed E-state index contributed by atoms with van der Waals surface area (Å²) in [5.74, 6) is 0.255. The van der Waals surface area contributed by atoms with Crippen LogP contribution in [0.3, 0.4) is 0 Å². The van der Waals surface area contributed by atoms with Crippen molar-refractivity contribution in [2.75, 3.05) is 11.9 Å². The van der Waals surface area contributed by atoms with Crippen molar-refractivity contribution in [1.29, 1.82) is 0 Å². The Morgan fingerprint density at radius 3 is 2.89 bits per heavy atom. The zero-order valence-corrected chi connectivity index (χ0v) is 19.3. The van der Waals surface area contributed by atoms with Gasteiger partial charge in [-0.1, -0.05) is 6.07 Å². The molecule has 4 heterocycles. The SMILES string of the molecule is Cc1cc(F)c(C(=O)Nc2cccc(-c3ncc4n3[C@H](CO)CC4)n2)cc1-n1cnc(C2CC2)c1. The van der Waals surface area contributed by atoms with E-state index in [2.05, 4.69) is 20.3 Å². The molecule has 0 unspecified atom stereocenters. The minimum absolute atomic E-state index is 0.0287. The number of hydrogen-bond acceptors (Lipinski definition) is 5. The van der Waals surface area contributed by atoms with Gasteiger partial charge in [-0.2, -0.15) is 0 Å². The highest BCUT2D eigenvalue weighted by molar-refractivity contribution is 6.04. The van der Waals surface area contributed by atoms with Crippen molar-refractivity contribution in [1.82, 2.24) is 24.1 Å². The van der Waals surface area contributed by atoms with E-state index >= 15 is 0 Å². The zero-order chi connectivity index (χ0) is 24.1. The van der Waals surface area contributed by atoms with E-state index in [0.717, 1.165) is 37.1 Å². The van der Waals surface area contributed by atoms with Crippen LogP contribution in [0.15, 0.2) is 49.1 Å². The van der Waals surface area contributed by atoms with Gasteiger partial charge in [-0.05, 0) is 62.4 Å². The molecule has 1 atom stereocenters. The summed E-state index contributed by atoms with van der Waals surface area (Å²) in [5, 5.41) is 12.4. The van der Waals surface area contributed by atoms with Crippen molar-refractivity contribution in [2.24, 2.45) is 0 Å². The van der Waals surface area contributed by atoms with E-state index in [9.17, 15) is 14.3 Å². The summed E-state index contributed by atoms with van der Waals surface area (Å²) in [5.41, 5.74) is 4.00. The van der Waals surface area contributed by atoms with Gasteiger partial charge in [-0.15, -0.1) is 0 Å². The van der Waals surface area contributed by atoms with Gasteiger partial charge in [0.05, 0.1) is 35.9 Å². The Morgan fingerprint density at radius 1 is 1.23 bits per heavy atom. The Hall–Kier alpha value is -3.85.